The summed E-state index contributed by atoms with van der Waals surface area (Å²) >= 11 is 0. The summed E-state index contributed by atoms with van der Waals surface area (Å²) in [5, 5.41) is 5.55. The molecule has 1 amide bonds. The highest BCUT2D eigenvalue weighted by atomic mass is 16.6. The van der Waals surface area contributed by atoms with Crippen molar-refractivity contribution in [2.75, 3.05) is 26.1 Å². The minimum Gasteiger partial charge on any atom is -0.497 e. The number of nitrogens with one attached hydrogen (secondary N) is 2. The van der Waals surface area contributed by atoms with E-state index in [1.54, 1.807) is 52.1 Å². The Hall–Kier alpha value is -2.44. The van der Waals surface area contributed by atoms with Crippen molar-refractivity contribution in [1.82, 2.24) is 5.32 Å². The van der Waals surface area contributed by atoms with E-state index < -0.39 is 23.7 Å². The molecule has 0 saturated heterocycles. The summed E-state index contributed by atoms with van der Waals surface area (Å²) in [4.78, 5) is 23.6. The molecule has 128 valence electrons. The fourth-order valence-corrected chi connectivity index (χ4v) is 1.75. The number of alkyl carbamates (subject to hydrolysis) is 1. The minimum absolute atomic E-state index is 0.0266. The largest absolute Gasteiger partial charge is 0.497 e. The van der Waals surface area contributed by atoms with Gasteiger partial charge in [0.25, 0.3) is 0 Å². The molecule has 1 atom stereocenters. The van der Waals surface area contributed by atoms with Crippen LogP contribution in [0.25, 0.3) is 0 Å². The van der Waals surface area contributed by atoms with Crippen molar-refractivity contribution in [2.24, 2.45) is 0 Å². The van der Waals surface area contributed by atoms with E-state index >= 15 is 0 Å². The maximum atomic E-state index is 11.9. The van der Waals surface area contributed by atoms with Crippen LogP contribution in [0.5, 0.6) is 5.75 Å². The molecule has 0 fully saturated rings. The van der Waals surface area contributed by atoms with Crippen LogP contribution >= 0.6 is 0 Å². The third kappa shape index (κ3) is 6.90. The van der Waals surface area contributed by atoms with Gasteiger partial charge >= 0.3 is 12.1 Å². The Morgan fingerprint density at radius 2 is 1.91 bits per heavy atom. The van der Waals surface area contributed by atoms with Gasteiger partial charge in [-0.15, -0.1) is 0 Å². The summed E-state index contributed by atoms with van der Waals surface area (Å²) in [6.45, 7) is 5.31. The predicted molar refractivity (Wildman–Crippen MR) is 86.7 cm³/mol. The van der Waals surface area contributed by atoms with Crippen LogP contribution in [0.2, 0.25) is 0 Å². The van der Waals surface area contributed by atoms with E-state index in [1.807, 2.05) is 0 Å². The second-order valence-corrected chi connectivity index (χ2v) is 5.83. The molecule has 0 aliphatic heterocycles. The first-order valence-electron chi connectivity index (χ1n) is 7.20. The van der Waals surface area contributed by atoms with Crippen molar-refractivity contribution in [3.05, 3.63) is 24.3 Å². The van der Waals surface area contributed by atoms with Crippen LogP contribution in [0.1, 0.15) is 20.8 Å². The predicted octanol–water partition coefficient (Wildman–Crippen LogP) is 2.17. The number of hydrogen-bond donors (Lipinski definition) is 2. The van der Waals surface area contributed by atoms with Gasteiger partial charge < -0.3 is 24.8 Å². The molecule has 0 heterocycles. The fourth-order valence-electron chi connectivity index (χ4n) is 1.75. The van der Waals surface area contributed by atoms with Crippen LogP contribution in [-0.2, 0) is 14.3 Å². The standard InChI is InChI=1S/C16H24N2O5/c1-16(2,3)23-15(20)17-10-13(14(19)22-5)18-11-7-6-8-12(9-11)21-4/h6-9,13,18H,10H2,1-5H3,(H,17,20)/t13-/m0/s1. The van der Waals surface area contributed by atoms with Gasteiger partial charge in [-0.1, -0.05) is 6.07 Å². The van der Waals surface area contributed by atoms with Crippen LogP contribution in [0, 0.1) is 0 Å². The first-order valence-corrected chi connectivity index (χ1v) is 7.20. The number of rotatable bonds is 6. The van der Waals surface area contributed by atoms with Gasteiger partial charge in [0, 0.05) is 11.8 Å². The summed E-state index contributed by atoms with van der Waals surface area (Å²) in [7, 11) is 2.84. The Balaban J connectivity index is 2.69. The van der Waals surface area contributed by atoms with Gasteiger partial charge in [-0.3, -0.25) is 0 Å². The van der Waals surface area contributed by atoms with E-state index in [0.717, 1.165) is 0 Å². The van der Waals surface area contributed by atoms with Crippen LogP contribution in [0.4, 0.5) is 10.5 Å². The monoisotopic (exact) mass is 324 g/mol. The Labute approximate surface area is 136 Å². The molecule has 23 heavy (non-hydrogen) atoms. The second kappa shape index (κ2) is 8.26. The van der Waals surface area contributed by atoms with Crippen molar-refractivity contribution >= 4 is 17.7 Å². The first kappa shape index (κ1) is 18.6. The van der Waals surface area contributed by atoms with Crippen LogP contribution in [-0.4, -0.2) is 44.5 Å². The van der Waals surface area contributed by atoms with Gasteiger partial charge in [0.2, 0.25) is 0 Å². The van der Waals surface area contributed by atoms with E-state index in [1.165, 1.54) is 7.11 Å². The van der Waals surface area contributed by atoms with Gasteiger partial charge in [0.15, 0.2) is 0 Å². The average Bonchev–Trinajstić information content (AvgIpc) is 2.49. The smallest absolute Gasteiger partial charge is 0.407 e. The molecule has 7 heteroatoms. The van der Waals surface area contributed by atoms with Crippen molar-refractivity contribution < 1.29 is 23.8 Å². The quantitative estimate of drug-likeness (QED) is 0.780. The zero-order valence-electron chi connectivity index (χ0n) is 14.1. The molecular formula is C16H24N2O5. The SMILES string of the molecule is COC(=O)[C@H](CNC(=O)OC(C)(C)C)Nc1cccc(OC)c1. The lowest BCUT2D eigenvalue weighted by Crippen LogP contribution is -2.43. The van der Waals surface area contributed by atoms with Gasteiger partial charge in [-0.25, -0.2) is 9.59 Å². The number of esters is 1. The molecule has 0 unspecified atom stereocenters. The average molecular weight is 324 g/mol. The molecule has 0 bridgehead atoms. The summed E-state index contributed by atoms with van der Waals surface area (Å²) in [6, 6.07) is 6.35. The van der Waals surface area contributed by atoms with Crippen molar-refractivity contribution in [3.8, 4) is 5.75 Å². The van der Waals surface area contributed by atoms with E-state index in [0.29, 0.717) is 11.4 Å². The Morgan fingerprint density at radius 1 is 1.22 bits per heavy atom. The maximum absolute atomic E-state index is 11.9. The molecule has 0 spiro atoms. The Bertz CT molecular complexity index is 540. The molecule has 0 aliphatic carbocycles. The molecule has 1 aromatic rings. The van der Waals surface area contributed by atoms with Crippen LogP contribution in [0.3, 0.4) is 0 Å². The van der Waals surface area contributed by atoms with Gasteiger partial charge in [-0.2, -0.15) is 0 Å². The first-order chi connectivity index (χ1) is 10.7. The summed E-state index contributed by atoms with van der Waals surface area (Å²) < 4.78 is 15.0. The highest BCUT2D eigenvalue weighted by molar-refractivity contribution is 5.80. The number of ether oxygens (including phenoxy) is 3. The lowest BCUT2D eigenvalue weighted by Gasteiger charge is -2.22. The number of methoxy groups -OCH3 is 2. The van der Waals surface area contributed by atoms with E-state index in [4.69, 9.17) is 14.2 Å². The molecule has 0 saturated carbocycles. The van der Waals surface area contributed by atoms with Gasteiger partial charge in [0.05, 0.1) is 20.8 Å². The van der Waals surface area contributed by atoms with E-state index in [-0.39, 0.29) is 6.54 Å². The van der Waals surface area contributed by atoms with Gasteiger partial charge in [-0.05, 0) is 32.9 Å². The maximum Gasteiger partial charge on any atom is 0.407 e. The van der Waals surface area contributed by atoms with Crippen LogP contribution in [0.15, 0.2) is 24.3 Å². The molecular weight excluding hydrogens is 300 g/mol. The number of hydrogen-bond acceptors (Lipinski definition) is 6. The molecule has 0 radical (unpaired) electrons. The van der Waals surface area contributed by atoms with Crippen molar-refractivity contribution in [3.63, 3.8) is 0 Å². The number of carbonyl (C=O) groups is 2. The highest BCUT2D eigenvalue weighted by Gasteiger charge is 2.22. The molecule has 1 rings (SSSR count). The fraction of sp³-hybridized carbons (Fsp3) is 0.500. The molecule has 2 N–H and O–H groups in total. The molecule has 0 aromatic heterocycles. The Kier molecular flexibility index (Phi) is 6.68. The highest BCUT2D eigenvalue weighted by Crippen LogP contribution is 2.17. The number of amides is 1. The zero-order chi connectivity index (χ0) is 17.5. The van der Waals surface area contributed by atoms with Gasteiger partial charge in [0.1, 0.15) is 17.4 Å². The summed E-state index contributed by atoms with van der Waals surface area (Å²) in [6.07, 6.45) is -0.598. The normalized spacial score (nSPS) is 12.0. The zero-order valence-corrected chi connectivity index (χ0v) is 14.1. The third-order valence-corrected chi connectivity index (χ3v) is 2.75. The Morgan fingerprint density at radius 3 is 2.48 bits per heavy atom. The van der Waals surface area contributed by atoms with Crippen LogP contribution < -0.4 is 15.4 Å². The minimum atomic E-state index is -0.750. The van der Waals surface area contributed by atoms with Crippen molar-refractivity contribution in [1.29, 1.82) is 0 Å². The summed E-state index contributed by atoms with van der Waals surface area (Å²) in [5.41, 5.74) is 0.0659. The second-order valence-electron chi connectivity index (χ2n) is 5.83. The molecule has 7 nitrogen and oxygen atoms in total. The van der Waals surface area contributed by atoms with E-state index in [9.17, 15) is 9.59 Å². The lowest BCUT2D eigenvalue weighted by molar-refractivity contribution is -0.141. The van der Waals surface area contributed by atoms with Crippen molar-refractivity contribution in [2.45, 2.75) is 32.4 Å². The lowest BCUT2D eigenvalue weighted by atomic mass is 10.2. The number of benzene rings is 1. The molecule has 0 aliphatic rings. The third-order valence-electron chi connectivity index (χ3n) is 2.75. The number of anilines is 1. The van der Waals surface area contributed by atoms with E-state index in [2.05, 4.69) is 10.6 Å². The number of carbonyl (C=O) groups excluding carboxylic acids is 2. The topological polar surface area (TPSA) is 85.9 Å². The molecule has 1 aromatic carbocycles. The summed E-state index contributed by atoms with van der Waals surface area (Å²) in [5.74, 6) is 0.155.